The molecular weight excluding hydrogens is 140 g/mol. The van der Waals surface area contributed by atoms with E-state index in [0.29, 0.717) is 17.6 Å². The maximum atomic E-state index is 5.46. The lowest BCUT2D eigenvalue weighted by molar-refractivity contribution is 0.816. The highest BCUT2D eigenvalue weighted by atomic mass is 15.0. The first-order valence-corrected chi connectivity index (χ1v) is 3.49. The lowest BCUT2D eigenvalue weighted by atomic mass is 10.1. The van der Waals surface area contributed by atoms with Crippen molar-refractivity contribution in [3.05, 3.63) is 11.9 Å². The van der Waals surface area contributed by atoms with Gasteiger partial charge in [0, 0.05) is 0 Å². The van der Waals surface area contributed by atoms with E-state index in [0.717, 1.165) is 5.69 Å². The number of hydrogen-bond donors (Lipinski definition) is 2. The molecule has 4 nitrogen and oxygen atoms in total. The van der Waals surface area contributed by atoms with Gasteiger partial charge in [0.1, 0.15) is 0 Å². The highest BCUT2D eigenvalue weighted by molar-refractivity contribution is 5.51. The van der Waals surface area contributed by atoms with Crippen LogP contribution in [0.3, 0.4) is 0 Å². The third-order valence-electron chi connectivity index (χ3n) is 1.44. The summed E-state index contributed by atoms with van der Waals surface area (Å²) in [6.45, 7) is 4.05. The molecule has 1 heterocycles. The highest BCUT2D eigenvalue weighted by Gasteiger charge is 2.03. The molecule has 0 saturated carbocycles. The van der Waals surface area contributed by atoms with Gasteiger partial charge in [0.2, 0.25) is 0 Å². The number of aromatic nitrogens is 2. The zero-order valence-corrected chi connectivity index (χ0v) is 6.70. The summed E-state index contributed by atoms with van der Waals surface area (Å²) < 4.78 is 0. The Morgan fingerprint density at radius 2 is 1.91 bits per heavy atom. The Kier molecular flexibility index (Phi) is 1.94. The SMILES string of the molecule is CC(C)c1cnc(N)c(N)n1. The second kappa shape index (κ2) is 2.74. The van der Waals surface area contributed by atoms with Gasteiger partial charge in [0.05, 0.1) is 11.9 Å². The quantitative estimate of drug-likeness (QED) is 0.622. The number of rotatable bonds is 1. The van der Waals surface area contributed by atoms with Crippen molar-refractivity contribution in [1.82, 2.24) is 9.97 Å². The molecule has 0 spiro atoms. The summed E-state index contributed by atoms with van der Waals surface area (Å²) in [6.07, 6.45) is 1.65. The number of nitrogens with zero attached hydrogens (tertiary/aromatic N) is 2. The molecule has 0 amide bonds. The maximum absolute atomic E-state index is 5.46. The van der Waals surface area contributed by atoms with E-state index in [-0.39, 0.29) is 0 Å². The van der Waals surface area contributed by atoms with Crippen molar-refractivity contribution in [2.75, 3.05) is 11.5 Å². The van der Waals surface area contributed by atoms with Crippen LogP contribution in [0.2, 0.25) is 0 Å². The van der Waals surface area contributed by atoms with Crippen LogP contribution in [-0.2, 0) is 0 Å². The Hall–Kier alpha value is -1.32. The summed E-state index contributed by atoms with van der Waals surface area (Å²) >= 11 is 0. The van der Waals surface area contributed by atoms with Crippen molar-refractivity contribution in [1.29, 1.82) is 0 Å². The van der Waals surface area contributed by atoms with Gasteiger partial charge < -0.3 is 11.5 Å². The summed E-state index contributed by atoms with van der Waals surface area (Å²) in [5, 5.41) is 0. The predicted molar refractivity (Wildman–Crippen MR) is 44.9 cm³/mol. The summed E-state index contributed by atoms with van der Waals surface area (Å²) in [4.78, 5) is 7.95. The Morgan fingerprint density at radius 1 is 1.27 bits per heavy atom. The fourth-order valence-corrected chi connectivity index (χ4v) is 0.705. The minimum atomic E-state index is 0.300. The van der Waals surface area contributed by atoms with E-state index in [1.807, 2.05) is 13.8 Å². The smallest absolute Gasteiger partial charge is 0.166 e. The van der Waals surface area contributed by atoms with Crippen molar-refractivity contribution < 1.29 is 0 Å². The van der Waals surface area contributed by atoms with Gasteiger partial charge in [-0.15, -0.1) is 0 Å². The van der Waals surface area contributed by atoms with E-state index in [1.54, 1.807) is 6.20 Å². The molecule has 0 aromatic carbocycles. The van der Waals surface area contributed by atoms with E-state index in [4.69, 9.17) is 11.5 Å². The summed E-state index contributed by atoms with van der Waals surface area (Å²) in [5.74, 6) is 0.955. The molecule has 60 valence electrons. The van der Waals surface area contributed by atoms with Crippen LogP contribution in [0.5, 0.6) is 0 Å². The molecule has 0 unspecified atom stereocenters. The van der Waals surface area contributed by atoms with Crippen LogP contribution in [-0.4, -0.2) is 9.97 Å². The van der Waals surface area contributed by atoms with Crippen molar-refractivity contribution in [2.45, 2.75) is 19.8 Å². The minimum absolute atomic E-state index is 0.300. The van der Waals surface area contributed by atoms with Gasteiger partial charge in [-0.2, -0.15) is 0 Å². The summed E-state index contributed by atoms with van der Waals surface area (Å²) in [7, 11) is 0. The average molecular weight is 152 g/mol. The van der Waals surface area contributed by atoms with Crippen molar-refractivity contribution in [2.24, 2.45) is 0 Å². The molecule has 1 aromatic rings. The first kappa shape index (κ1) is 7.78. The molecule has 11 heavy (non-hydrogen) atoms. The van der Waals surface area contributed by atoms with E-state index >= 15 is 0 Å². The second-order valence-electron chi connectivity index (χ2n) is 2.72. The van der Waals surface area contributed by atoms with E-state index in [9.17, 15) is 0 Å². The van der Waals surface area contributed by atoms with Crippen molar-refractivity contribution >= 4 is 11.6 Å². The first-order valence-electron chi connectivity index (χ1n) is 3.49. The lowest BCUT2D eigenvalue weighted by Gasteiger charge is -2.04. The highest BCUT2D eigenvalue weighted by Crippen LogP contribution is 2.14. The number of nitrogen functional groups attached to an aromatic ring is 2. The fraction of sp³-hybridized carbons (Fsp3) is 0.429. The molecule has 0 aliphatic rings. The van der Waals surface area contributed by atoms with Gasteiger partial charge in [-0.25, -0.2) is 9.97 Å². The van der Waals surface area contributed by atoms with Crippen LogP contribution in [0, 0.1) is 0 Å². The standard InChI is InChI=1S/C7H12N4/c1-4(2)5-3-10-6(8)7(9)11-5/h3-4H,1-2H3,(H2,8,10)(H2,9,11). The van der Waals surface area contributed by atoms with Crippen LogP contribution in [0.25, 0.3) is 0 Å². The van der Waals surface area contributed by atoms with Gasteiger partial charge in [-0.1, -0.05) is 13.8 Å². The molecule has 0 aliphatic heterocycles. The predicted octanol–water partition coefficient (Wildman–Crippen LogP) is 0.764. The van der Waals surface area contributed by atoms with Crippen LogP contribution < -0.4 is 11.5 Å². The minimum Gasteiger partial charge on any atom is -0.381 e. The Labute approximate surface area is 65.6 Å². The van der Waals surface area contributed by atoms with E-state index < -0.39 is 0 Å². The van der Waals surface area contributed by atoms with E-state index in [1.165, 1.54) is 0 Å². The average Bonchev–Trinajstić information content (AvgIpc) is 1.94. The molecule has 4 heteroatoms. The largest absolute Gasteiger partial charge is 0.381 e. The van der Waals surface area contributed by atoms with Gasteiger partial charge in [-0.05, 0) is 5.92 Å². The lowest BCUT2D eigenvalue weighted by Crippen LogP contribution is -2.04. The normalized spacial score (nSPS) is 10.5. The fourth-order valence-electron chi connectivity index (χ4n) is 0.705. The maximum Gasteiger partial charge on any atom is 0.166 e. The third kappa shape index (κ3) is 1.58. The van der Waals surface area contributed by atoms with Crippen LogP contribution >= 0.6 is 0 Å². The van der Waals surface area contributed by atoms with E-state index in [2.05, 4.69) is 9.97 Å². The summed E-state index contributed by atoms with van der Waals surface area (Å²) in [6, 6.07) is 0. The molecule has 1 aromatic heterocycles. The molecule has 0 saturated heterocycles. The molecule has 0 aliphatic carbocycles. The van der Waals surface area contributed by atoms with Crippen LogP contribution in [0.15, 0.2) is 6.20 Å². The first-order chi connectivity index (χ1) is 5.11. The van der Waals surface area contributed by atoms with Gasteiger partial charge in [-0.3, -0.25) is 0 Å². The van der Waals surface area contributed by atoms with Crippen LogP contribution in [0.1, 0.15) is 25.5 Å². The molecule has 0 bridgehead atoms. The monoisotopic (exact) mass is 152 g/mol. The molecular formula is C7H12N4. The zero-order valence-electron chi connectivity index (χ0n) is 6.70. The second-order valence-corrected chi connectivity index (χ2v) is 2.72. The summed E-state index contributed by atoms with van der Waals surface area (Å²) in [5.41, 5.74) is 11.7. The van der Waals surface area contributed by atoms with Crippen molar-refractivity contribution in [3.63, 3.8) is 0 Å². The Morgan fingerprint density at radius 3 is 2.36 bits per heavy atom. The Bertz CT molecular complexity index is 257. The zero-order chi connectivity index (χ0) is 8.43. The number of nitrogens with two attached hydrogens (primary N) is 2. The number of hydrogen-bond acceptors (Lipinski definition) is 4. The van der Waals surface area contributed by atoms with Gasteiger partial charge >= 0.3 is 0 Å². The molecule has 0 fully saturated rings. The number of anilines is 2. The molecule has 0 radical (unpaired) electrons. The Balaban J connectivity index is 3.05. The van der Waals surface area contributed by atoms with Gasteiger partial charge in [0.15, 0.2) is 11.6 Å². The molecule has 4 N–H and O–H groups in total. The molecule has 1 rings (SSSR count). The van der Waals surface area contributed by atoms with Crippen LogP contribution in [0.4, 0.5) is 11.6 Å². The molecule has 0 atom stereocenters. The third-order valence-corrected chi connectivity index (χ3v) is 1.44. The topological polar surface area (TPSA) is 77.8 Å². The van der Waals surface area contributed by atoms with Gasteiger partial charge in [0.25, 0.3) is 0 Å². The van der Waals surface area contributed by atoms with Crippen molar-refractivity contribution in [3.8, 4) is 0 Å².